The smallest absolute Gasteiger partial charge is 0.121 e. The normalized spacial score (nSPS) is 20.2. The maximum absolute atomic E-state index is 5.68. The number of H-pyrrole nitrogens is 1. The van der Waals surface area contributed by atoms with Gasteiger partial charge in [-0.05, 0) is 12.1 Å². The van der Waals surface area contributed by atoms with Crippen LogP contribution in [0.5, 0.6) is 5.75 Å². The highest BCUT2D eigenvalue weighted by molar-refractivity contribution is 5.76. The molecular formula is C13H17N3O2. The fourth-order valence-electron chi connectivity index (χ4n) is 2.23. The van der Waals surface area contributed by atoms with Crippen LogP contribution in [0.2, 0.25) is 0 Å². The third kappa shape index (κ3) is 2.32. The Balaban J connectivity index is 1.79. The maximum atomic E-state index is 5.68. The van der Waals surface area contributed by atoms with Gasteiger partial charge >= 0.3 is 0 Å². The summed E-state index contributed by atoms with van der Waals surface area (Å²) >= 11 is 0. The molecule has 1 fully saturated rings. The van der Waals surface area contributed by atoms with Gasteiger partial charge in [-0.15, -0.1) is 0 Å². The number of benzene rings is 1. The van der Waals surface area contributed by atoms with Gasteiger partial charge in [-0.1, -0.05) is 0 Å². The van der Waals surface area contributed by atoms with Crippen molar-refractivity contribution in [2.24, 2.45) is 0 Å². The van der Waals surface area contributed by atoms with Gasteiger partial charge in [-0.25, -0.2) is 4.98 Å². The van der Waals surface area contributed by atoms with Crippen molar-refractivity contribution in [1.29, 1.82) is 0 Å². The molecule has 0 saturated carbocycles. The van der Waals surface area contributed by atoms with Gasteiger partial charge in [-0.3, -0.25) is 0 Å². The van der Waals surface area contributed by atoms with Gasteiger partial charge in [-0.2, -0.15) is 0 Å². The Bertz CT molecular complexity index is 532. The number of methoxy groups -OCH3 is 1. The van der Waals surface area contributed by atoms with Crippen molar-refractivity contribution in [1.82, 2.24) is 15.3 Å². The monoisotopic (exact) mass is 247 g/mol. The van der Waals surface area contributed by atoms with Gasteiger partial charge in [0.25, 0.3) is 0 Å². The fraction of sp³-hybridized carbons (Fsp3) is 0.462. The van der Waals surface area contributed by atoms with Crippen LogP contribution in [0.3, 0.4) is 0 Å². The average Bonchev–Trinajstić information content (AvgIpc) is 2.80. The molecular weight excluding hydrogens is 230 g/mol. The lowest BCUT2D eigenvalue weighted by Gasteiger charge is -2.22. The summed E-state index contributed by atoms with van der Waals surface area (Å²) < 4.78 is 10.9. The number of fused-ring (bicyclic) bond motifs is 1. The van der Waals surface area contributed by atoms with Crippen molar-refractivity contribution in [3.63, 3.8) is 0 Å². The first kappa shape index (κ1) is 11.5. The first-order chi connectivity index (χ1) is 8.85. The SMILES string of the molecule is COc1ccc2nc(CC3CNCCO3)[nH]c2c1. The van der Waals surface area contributed by atoms with Crippen molar-refractivity contribution in [2.45, 2.75) is 12.5 Å². The van der Waals surface area contributed by atoms with Gasteiger partial charge in [0.2, 0.25) is 0 Å². The molecule has 1 atom stereocenters. The topological polar surface area (TPSA) is 59.2 Å². The lowest BCUT2D eigenvalue weighted by atomic mass is 10.2. The van der Waals surface area contributed by atoms with E-state index in [0.717, 1.165) is 48.7 Å². The lowest BCUT2D eigenvalue weighted by molar-refractivity contribution is 0.0282. The van der Waals surface area contributed by atoms with E-state index in [2.05, 4.69) is 15.3 Å². The number of hydrogen-bond acceptors (Lipinski definition) is 4. The Morgan fingerprint density at radius 1 is 1.50 bits per heavy atom. The summed E-state index contributed by atoms with van der Waals surface area (Å²) in [6.45, 7) is 2.60. The van der Waals surface area contributed by atoms with Gasteiger partial charge in [0.1, 0.15) is 11.6 Å². The van der Waals surface area contributed by atoms with E-state index >= 15 is 0 Å². The first-order valence-corrected chi connectivity index (χ1v) is 6.20. The standard InChI is InChI=1S/C13H17N3O2/c1-17-9-2-3-11-12(6-9)16-13(15-11)7-10-8-14-4-5-18-10/h2-3,6,10,14H,4-5,7-8H2,1H3,(H,15,16). The van der Waals surface area contributed by atoms with Crippen molar-refractivity contribution in [2.75, 3.05) is 26.8 Å². The maximum Gasteiger partial charge on any atom is 0.121 e. The van der Waals surface area contributed by atoms with E-state index in [1.807, 2.05) is 18.2 Å². The highest BCUT2D eigenvalue weighted by Gasteiger charge is 2.16. The third-order valence-electron chi connectivity index (χ3n) is 3.16. The number of imidazole rings is 1. The van der Waals surface area contributed by atoms with E-state index in [1.54, 1.807) is 7.11 Å². The van der Waals surface area contributed by atoms with Crippen LogP contribution in [0.4, 0.5) is 0 Å². The number of rotatable bonds is 3. The van der Waals surface area contributed by atoms with E-state index in [-0.39, 0.29) is 6.10 Å². The minimum atomic E-state index is 0.209. The van der Waals surface area contributed by atoms with Gasteiger partial charge in [0, 0.05) is 25.6 Å². The minimum Gasteiger partial charge on any atom is -0.497 e. The second kappa shape index (κ2) is 4.96. The summed E-state index contributed by atoms with van der Waals surface area (Å²) in [7, 11) is 1.67. The number of hydrogen-bond donors (Lipinski definition) is 2. The minimum absolute atomic E-state index is 0.209. The zero-order valence-electron chi connectivity index (χ0n) is 10.4. The number of morpholine rings is 1. The molecule has 96 valence electrons. The van der Waals surface area contributed by atoms with Crippen LogP contribution in [0.1, 0.15) is 5.82 Å². The number of nitrogens with one attached hydrogen (secondary N) is 2. The number of nitrogens with zero attached hydrogens (tertiary/aromatic N) is 1. The Hall–Kier alpha value is -1.59. The number of aromatic amines is 1. The first-order valence-electron chi connectivity index (χ1n) is 6.20. The molecule has 1 aromatic heterocycles. The summed E-state index contributed by atoms with van der Waals surface area (Å²) in [5.41, 5.74) is 1.97. The Kier molecular flexibility index (Phi) is 3.17. The summed E-state index contributed by atoms with van der Waals surface area (Å²) in [4.78, 5) is 7.88. The van der Waals surface area contributed by atoms with Crippen LogP contribution in [0.25, 0.3) is 11.0 Å². The molecule has 0 amide bonds. The molecule has 0 bridgehead atoms. The van der Waals surface area contributed by atoms with Crippen molar-refractivity contribution < 1.29 is 9.47 Å². The van der Waals surface area contributed by atoms with Crippen molar-refractivity contribution >= 4 is 11.0 Å². The molecule has 2 aromatic rings. The third-order valence-corrected chi connectivity index (χ3v) is 3.16. The zero-order valence-corrected chi connectivity index (χ0v) is 10.4. The quantitative estimate of drug-likeness (QED) is 0.852. The van der Waals surface area contributed by atoms with E-state index < -0.39 is 0 Å². The molecule has 2 heterocycles. The highest BCUT2D eigenvalue weighted by atomic mass is 16.5. The second-order valence-electron chi connectivity index (χ2n) is 4.47. The Labute approximate surface area is 106 Å². The predicted molar refractivity (Wildman–Crippen MR) is 69.0 cm³/mol. The fourth-order valence-corrected chi connectivity index (χ4v) is 2.23. The average molecular weight is 247 g/mol. The van der Waals surface area contributed by atoms with E-state index in [9.17, 15) is 0 Å². The molecule has 18 heavy (non-hydrogen) atoms. The molecule has 5 heteroatoms. The number of aromatic nitrogens is 2. The molecule has 3 rings (SSSR count). The van der Waals surface area contributed by atoms with Crippen molar-refractivity contribution in [3.8, 4) is 5.75 Å². The molecule has 1 unspecified atom stereocenters. The summed E-state index contributed by atoms with van der Waals surface area (Å²) in [6.07, 6.45) is 1.02. The van der Waals surface area contributed by atoms with Gasteiger partial charge in [0.05, 0.1) is 30.9 Å². The second-order valence-corrected chi connectivity index (χ2v) is 4.47. The van der Waals surface area contributed by atoms with E-state index in [1.165, 1.54) is 0 Å². The molecule has 1 aromatic carbocycles. The Morgan fingerprint density at radius 2 is 2.44 bits per heavy atom. The van der Waals surface area contributed by atoms with Crippen molar-refractivity contribution in [3.05, 3.63) is 24.0 Å². The largest absolute Gasteiger partial charge is 0.497 e. The van der Waals surface area contributed by atoms with Gasteiger partial charge in [0.15, 0.2) is 0 Å². The number of ether oxygens (including phenoxy) is 2. The molecule has 1 aliphatic rings. The molecule has 1 saturated heterocycles. The molecule has 1 aliphatic heterocycles. The molecule has 0 spiro atoms. The summed E-state index contributed by atoms with van der Waals surface area (Å²) in [5, 5.41) is 3.32. The van der Waals surface area contributed by atoms with E-state index in [4.69, 9.17) is 9.47 Å². The van der Waals surface area contributed by atoms with Crippen LogP contribution < -0.4 is 10.1 Å². The van der Waals surface area contributed by atoms with Crippen LogP contribution in [0.15, 0.2) is 18.2 Å². The van der Waals surface area contributed by atoms with Crippen LogP contribution in [0, 0.1) is 0 Å². The van der Waals surface area contributed by atoms with Crippen LogP contribution in [-0.4, -0.2) is 42.9 Å². The summed E-state index contributed by atoms with van der Waals surface area (Å²) in [6, 6.07) is 5.85. The molecule has 0 radical (unpaired) electrons. The molecule has 0 aliphatic carbocycles. The summed E-state index contributed by atoms with van der Waals surface area (Å²) in [5.74, 6) is 1.81. The molecule has 2 N–H and O–H groups in total. The van der Waals surface area contributed by atoms with Gasteiger partial charge < -0.3 is 19.8 Å². The van der Waals surface area contributed by atoms with E-state index in [0.29, 0.717) is 0 Å². The lowest BCUT2D eigenvalue weighted by Crippen LogP contribution is -2.39. The highest BCUT2D eigenvalue weighted by Crippen LogP contribution is 2.19. The molecule has 5 nitrogen and oxygen atoms in total. The zero-order chi connectivity index (χ0) is 12.4. The Morgan fingerprint density at radius 3 is 3.22 bits per heavy atom. The van der Waals surface area contributed by atoms with Crippen LogP contribution >= 0.6 is 0 Å². The predicted octanol–water partition coefficient (Wildman–Crippen LogP) is 1.10. The van der Waals surface area contributed by atoms with Crippen LogP contribution in [-0.2, 0) is 11.2 Å².